The molecule has 0 aliphatic heterocycles. The first-order valence-corrected chi connectivity index (χ1v) is 6.08. The molecule has 90 valence electrons. The number of hydrogen-bond acceptors (Lipinski definition) is 3. The van der Waals surface area contributed by atoms with E-state index in [1.165, 1.54) is 24.8 Å². The molecule has 0 bridgehead atoms. The van der Waals surface area contributed by atoms with Gasteiger partial charge in [-0.15, -0.1) is 0 Å². The summed E-state index contributed by atoms with van der Waals surface area (Å²) in [4.78, 5) is 4.09. The van der Waals surface area contributed by atoms with E-state index in [-0.39, 0.29) is 0 Å². The Kier molecular flexibility index (Phi) is 6.58. The van der Waals surface area contributed by atoms with E-state index in [2.05, 4.69) is 17.2 Å². The van der Waals surface area contributed by atoms with Crippen LogP contribution in [0.2, 0.25) is 0 Å². The molecule has 0 amide bonds. The third kappa shape index (κ3) is 4.62. The van der Waals surface area contributed by atoms with Gasteiger partial charge in [-0.1, -0.05) is 26.2 Å². The van der Waals surface area contributed by atoms with E-state index >= 15 is 0 Å². The summed E-state index contributed by atoms with van der Waals surface area (Å²) in [6.45, 7) is 3.84. The van der Waals surface area contributed by atoms with Crippen LogP contribution in [0.4, 0.5) is 0 Å². The van der Waals surface area contributed by atoms with Crippen molar-refractivity contribution in [1.82, 2.24) is 10.3 Å². The van der Waals surface area contributed by atoms with E-state index in [1.54, 1.807) is 12.4 Å². The van der Waals surface area contributed by atoms with Gasteiger partial charge in [-0.25, -0.2) is 0 Å². The van der Waals surface area contributed by atoms with E-state index in [9.17, 15) is 0 Å². The van der Waals surface area contributed by atoms with Crippen LogP contribution in [0.3, 0.4) is 0 Å². The maximum Gasteiger partial charge on any atom is 0.142 e. The normalized spacial score (nSPS) is 10.4. The third-order valence-corrected chi connectivity index (χ3v) is 2.49. The van der Waals surface area contributed by atoms with Gasteiger partial charge >= 0.3 is 0 Å². The zero-order valence-corrected chi connectivity index (χ0v) is 10.3. The minimum atomic E-state index is 0.794. The topological polar surface area (TPSA) is 34.1 Å². The summed E-state index contributed by atoms with van der Waals surface area (Å²) in [7, 11) is 1.94. The average molecular weight is 222 g/mol. The Morgan fingerprint density at radius 2 is 2.19 bits per heavy atom. The molecule has 1 aromatic rings. The fraction of sp³-hybridized carbons (Fsp3) is 0.615. The van der Waals surface area contributed by atoms with Gasteiger partial charge in [-0.2, -0.15) is 0 Å². The Hall–Kier alpha value is -1.09. The van der Waals surface area contributed by atoms with Crippen LogP contribution in [0, 0.1) is 0 Å². The molecule has 3 heteroatoms. The number of ether oxygens (including phenoxy) is 1. The van der Waals surface area contributed by atoms with Crippen LogP contribution in [0.5, 0.6) is 5.75 Å². The predicted molar refractivity (Wildman–Crippen MR) is 66.6 cm³/mol. The number of aromatic nitrogens is 1. The molecule has 0 atom stereocenters. The van der Waals surface area contributed by atoms with Crippen LogP contribution in [-0.2, 0) is 6.54 Å². The first-order chi connectivity index (χ1) is 7.88. The molecule has 0 spiro atoms. The van der Waals surface area contributed by atoms with Gasteiger partial charge in [0.1, 0.15) is 5.75 Å². The second-order valence-corrected chi connectivity index (χ2v) is 3.92. The lowest BCUT2D eigenvalue weighted by Crippen LogP contribution is -2.08. The van der Waals surface area contributed by atoms with Crippen molar-refractivity contribution in [1.29, 1.82) is 0 Å². The van der Waals surface area contributed by atoms with Gasteiger partial charge in [-0.3, -0.25) is 4.98 Å². The molecule has 1 heterocycles. The quantitative estimate of drug-likeness (QED) is 0.687. The molecular formula is C13H22N2O. The van der Waals surface area contributed by atoms with Crippen molar-refractivity contribution < 1.29 is 4.74 Å². The first kappa shape index (κ1) is 13.0. The number of hydrogen-bond donors (Lipinski definition) is 1. The van der Waals surface area contributed by atoms with E-state index in [1.807, 2.05) is 13.1 Å². The Bertz CT molecular complexity index is 289. The Morgan fingerprint density at radius 1 is 1.31 bits per heavy atom. The highest BCUT2D eigenvalue weighted by molar-refractivity contribution is 5.29. The molecule has 0 fully saturated rings. The van der Waals surface area contributed by atoms with Crippen molar-refractivity contribution in [3.8, 4) is 5.75 Å². The highest BCUT2D eigenvalue weighted by Crippen LogP contribution is 2.16. The summed E-state index contributed by atoms with van der Waals surface area (Å²) in [5.41, 5.74) is 1.17. The molecule has 3 nitrogen and oxygen atoms in total. The zero-order valence-electron chi connectivity index (χ0n) is 10.3. The summed E-state index contributed by atoms with van der Waals surface area (Å²) >= 11 is 0. The molecule has 1 N–H and O–H groups in total. The van der Waals surface area contributed by atoms with Gasteiger partial charge in [0.05, 0.1) is 12.8 Å². The summed E-state index contributed by atoms with van der Waals surface area (Å²) in [6, 6.07) is 2.00. The molecule has 1 aromatic heterocycles. The standard InChI is InChI=1S/C13H22N2O/c1-3-4-5-6-9-16-13-11-15-8-7-12(13)10-14-2/h7-8,11,14H,3-6,9-10H2,1-2H3. The molecule has 16 heavy (non-hydrogen) atoms. The Labute approximate surface area is 98.2 Å². The Balaban J connectivity index is 2.34. The molecule has 0 saturated heterocycles. The lowest BCUT2D eigenvalue weighted by Gasteiger charge is -2.10. The van der Waals surface area contributed by atoms with Crippen LogP contribution in [-0.4, -0.2) is 18.6 Å². The van der Waals surface area contributed by atoms with Crippen LogP contribution in [0.15, 0.2) is 18.5 Å². The van der Waals surface area contributed by atoms with Crippen molar-refractivity contribution in [2.75, 3.05) is 13.7 Å². The summed E-state index contributed by atoms with van der Waals surface area (Å²) in [6.07, 6.45) is 8.53. The van der Waals surface area contributed by atoms with Gasteiger partial charge in [-0.05, 0) is 19.5 Å². The van der Waals surface area contributed by atoms with Crippen molar-refractivity contribution in [2.45, 2.75) is 39.2 Å². The van der Waals surface area contributed by atoms with Crippen LogP contribution in [0.25, 0.3) is 0 Å². The number of nitrogens with zero attached hydrogens (tertiary/aromatic N) is 1. The minimum absolute atomic E-state index is 0.794. The minimum Gasteiger partial charge on any atom is -0.492 e. The number of unbranched alkanes of at least 4 members (excludes halogenated alkanes) is 3. The van der Waals surface area contributed by atoms with Crippen LogP contribution < -0.4 is 10.1 Å². The molecule has 0 radical (unpaired) electrons. The average Bonchev–Trinajstić information content (AvgIpc) is 2.31. The highest BCUT2D eigenvalue weighted by Gasteiger charge is 2.01. The second kappa shape index (κ2) is 8.11. The maximum atomic E-state index is 5.73. The monoisotopic (exact) mass is 222 g/mol. The number of nitrogens with one attached hydrogen (secondary N) is 1. The van der Waals surface area contributed by atoms with Crippen LogP contribution in [0.1, 0.15) is 38.2 Å². The van der Waals surface area contributed by atoms with Crippen molar-refractivity contribution in [3.63, 3.8) is 0 Å². The van der Waals surface area contributed by atoms with Gasteiger partial charge in [0.2, 0.25) is 0 Å². The predicted octanol–water partition coefficient (Wildman–Crippen LogP) is 2.76. The van der Waals surface area contributed by atoms with E-state index < -0.39 is 0 Å². The number of rotatable bonds is 8. The molecule has 0 aliphatic carbocycles. The second-order valence-electron chi connectivity index (χ2n) is 3.92. The molecule has 0 aromatic carbocycles. The first-order valence-electron chi connectivity index (χ1n) is 6.08. The lowest BCUT2D eigenvalue weighted by atomic mass is 10.2. The summed E-state index contributed by atoms with van der Waals surface area (Å²) in [5, 5.41) is 3.13. The summed E-state index contributed by atoms with van der Waals surface area (Å²) < 4.78 is 5.73. The molecule has 1 rings (SSSR count). The van der Waals surface area contributed by atoms with Crippen molar-refractivity contribution in [3.05, 3.63) is 24.0 Å². The maximum absolute atomic E-state index is 5.73. The van der Waals surface area contributed by atoms with Gasteiger partial charge < -0.3 is 10.1 Å². The fourth-order valence-corrected chi connectivity index (χ4v) is 1.59. The third-order valence-electron chi connectivity index (χ3n) is 2.49. The number of pyridine rings is 1. The summed E-state index contributed by atoms with van der Waals surface area (Å²) in [5.74, 6) is 0.911. The Morgan fingerprint density at radius 3 is 2.94 bits per heavy atom. The van der Waals surface area contributed by atoms with E-state index in [0.717, 1.165) is 25.3 Å². The SMILES string of the molecule is CCCCCCOc1cnccc1CNC. The lowest BCUT2D eigenvalue weighted by molar-refractivity contribution is 0.300. The molecule has 0 saturated carbocycles. The highest BCUT2D eigenvalue weighted by atomic mass is 16.5. The van der Waals surface area contributed by atoms with Gasteiger partial charge in [0.25, 0.3) is 0 Å². The van der Waals surface area contributed by atoms with Gasteiger partial charge in [0.15, 0.2) is 0 Å². The van der Waals surface area contributed by atoms with E-state index in [0.29, 0.717) is 0 Å². The molecular weight excluding hydrogens is 200 g/mol. The van der Waals surface area contributed by atoms with Crippen molar-refractivity contribution in [2.24, 2.45) is 0 Å². The van der Waals surface area contributed by atoms with E-state index in [4.69, 9.17) is 4.74 Å². The van der Waals surface area contributed by atoms with Gasteiger partial charge in [0, 0.05) is 18.3 Å². The largest absolute Gasteiger partial charge is 0.492 e. The molecule has 0 aliphatic rings. The fourth-order valence-electron chi connectivity index (χ4n) is 1.59. The van der Waals surface area contributed by atoms with Crippen molar-refractivity contribution >= 4 is 0 Å². The molecule has 0 unspecified atom stereocenters. The zero-order chi connectivity index (χ0) is 11.6. The van der Waals surface area contributed by atoms with Crippen LogP contribution >= 0.6 is 0 Å². The smallest absolute Gasteiger partial charge is 0.142 e.